The van der Waals surface area contributed by atoms with Gasteiger partial charge in [-0.2, -0.15) is 0 Å². The highest BCUT2D eigenvalue weighted by Crippen LogP contribution is 2.29. The van der Waals surface area contributed by atoms with Gasteiger partial charge in [-0.1, -0.05) is 36.4 Å². The van der Waals surface area contributed by atoms with Gasteiger partial charge in [-0.3, -0.25) is 9.59 Å². The van der Waals surface area contributed by atoms with Crippen LogP contribution in [-0.2, 0) is 22.4 Å². The fourth-order valence-corrected chi connectivity index (χ4v) is 4.28. The molecule has 0 spiro atoms. The Morgan fingerprint density at radius 3 is 2.56 bits per heavy atom. The molecule has 2 aromatic heterocycles. The minimum absolute atomic E-state index is 0.0851. The van der Waals surface area contributed by atoms with Gasteiger partial charge in [-0.05, 0) is 37.4 Å². The number of likely N-dealkylation sites (N-methyl/N-ethyl adjacent to an activating group) is 1. The zero-order valence-corrected chi connectivity index (χ0v) is 19.9. The molecule has 0 saturated carbocycles. The van der Waals surface area contributed by atoms with Crippen molar-refractivity contribution in [2.24, 2.45) is 0 Å². The first-order valence-corrected chi connectivity index (χ1v) is 11.7. The van der Waals surface area contributed by atoms with E-state index in [9.17, 15) is 9.59 Å². The average molecular weight is 479 g/mol. The number of hydrogen-bond donors (Lipinski definition) is 2. The van der Waals surface area contributed by atoms with E-state index in [4.69, 9.17) is 4.42 Å². The third-order valence-electron chi connectivity index (χ3n) is 4.99. The number of aromatic nitrogens is 3. The van der Waals surface area contributed by atoms with Crippen LogP contribution in [0.3, 0.4) is 0 Å². The minimum Gasteiger partial charge on any atom is -0.424 e. The molecule has 0 bridgehead atoms. The molecular formula is C24H26N6O3S. The molecule has 2 aromatic carbocycles. The predicted molar refractivity (Wildman–Crippen MR) is 130 cm³/mol. The van der Waals surface area contributed by atoms with Crippen LogP contribution in [0.2, 0.25) is 0 Å². The Labute approximate surface area is 201 Å². The Hall–Kier alpha value is -3.63. The van der Waals surface area contributed by atoms with E-state index in [2.05, 4.69) is 50.1 Å². The molecule has 0 fully saturated rings. The number of benzene rings is 2. The monoisotopic (exact) mass is 478 g/mol. The quantitative estimate of drug-likeness (QED) is 0.359. The summed E-state index contributed by atoms with van der Waals surface area (Å²) in [5.74, 6) is -0.00128. The van der Waals surface area contributed by atoms with E-state index in [1.165, 1.54) is 0 Å². The number of rotatable bonds is 10. The molecule has 0 unspecified atom stereocenters. The van der Waals surface area contributed by atoms with E-state index >= 15 is 0 Å². The Morgan fingerprint density at radius 1 is 0.971 bits per heavy atom. The molecule has 0 radical (unpaired) electrons. The van der Waals surface area contributed by atoms with Gasteiger partial charge in [0.2, 0.25) is 23.6 Å². The second-order valence-corrected chi connectivity index (χ2v) is 9.14. The highest BCUT2D eigenvalue weighted by atomic mass is 32.1. The summed E-state index contributed by atoms with van der Waals surface area (Å²) < 4.78 is 6.71. The molecule has 0 aliphatic rings. The first-order chi connectivity index (χ1) is 16.5. The van der Waals surface area contributed by atoms with Crippen molar-refractivity contribution in [3.63, 3.8) is 0 Å². The lowest BCUT2D eigenvalue weighted by Gasteiger charge is -2.10. The van der Waals surface area contributed by atoms with Gasteiger partial charge in [0, 0.05) is 13.1 Å². The third kappa shape index (κ3) is 6.46. The summed E-state index contributed by atoms with van der Waals surface area (Å²) in [7, 11) is 3.84. The number of carbonyl (C=O) groups excluding carboxylic acids is 2. The van der Waals surface area contributed by atoms with E-state index in [-0.39, 0.29) is 30.7 Å². The largest absolute Gasteiger partial charge is 0.424 e. The maximum absolute atomic E-state index is 12.1. The van der Waals surface area contributed by atoms with Crippen LogP contribution in [0.5, 0.6) is 0 Å². The number of carbonyl (C=O) groups is 2. The Bertz CT molecular complexity index is 1270. The lowest BCUT2D eigenvalue weighted by atomic mass is 10.1. The van der Waals surface area contributed by atoms with Crippen molar-refractivity contribution in [1.82, 2.24) is 30.7 Å². The molecule has 9 nitrogen and oxygen atoms in total. The topological polar surface area (TPSA) is 113 Å². The van der Waals surface area contributed by atoms with Crippen LogP contribution in [-0.4, -0.2) is 65.6 Å². The first-order valence-electron chi connectivity index (χ1n) is 10.9. The van der Waals surface area contributed by atoms with Crippen molar-refractivity contribution in [2.75, 3.05) is 33.7 Å². The summed E-state index contributed by atoms with van der Waals surface area (Å²) in [6, 6.07) is 16.4. The fraction of sp³-hybridized carbons (Fsp3) is 0.292. The van der Waals surface area contributed by atoms with Crippen LogP contribution in [0.15, 0.2) is 52.9 Å². The number of hydrogen-bond acceptors (Lipinski definition) is 8. The zero-order valence-electron chi connectivity index (χ0n) is 19.1. The van der Waals surface area contributed by atoms with Gasteiger partial charge < -0.3 is 20.0 Å². The van der Waals surface area contributed by atoms with Crippen LogP contribution >= 0.6 is 11.3 Å². The normalized spacial score (nSPS) is 11.1. The second-order valence-electron chi connectivity index (χ2n) is 8.03. The minimum atomic E-state index is -0.355. The Balaban J connectivity index is 1.30. The van der Waals surface area contributed by atoms with E-state index < -0.39 is 0 Å². The standard InChI is InChI=1S/C24H26N6O3S/c1-30(2)11-10-25-21(32)15-26-20(31)13-22-28-29-23(33-22)14-24-27-18-9-8-17(12-19(18)34-24)16-6-4-3-5-7-16/h3-9,12H,10-11,13-15H2,1-2H3,(H,25,32)(H,26,31). The van der Waals surface area contributed by atoms with Crippen LogP contribution in [0.25, 0.3) is 21.3 Å². The van der Waals surface area contributed by atoms with Crippen molar-refractivity contribution >= 4 is 33.4 Å². The van der Waals surface area contributed by atoms with Crippen LogP contribution in [0, 0.1) is 0 Å². The highest BCUT2D eigenvalue weighted by Gasteiger charge is 2.14. The van der Waals surface area contributed by atoms with Crippen LogP contribution in [0.1, 0.15) is 16.8 Å². The van der Waals surface area contributed by atoms with Crippen molar-refractivity contribution in [3.05, 3.63) is 65.3 Å². The van der Waals surface area contributed by atoms with Gasteiger partial charge in [0.05, 0.1) is 23.2 Å². The van der Waals surface area contributed by atoms with E-state index in [1.807, 2.05) is 43.3 Å². The Kier molecular flexibility index (Phi) is 7.61. The molecule has 10 heteroatoms. The number of fused-ring (bicyclic) bond motifs is 1. The smallest absolute Gasteiger partial charge is 0.239 e. The molecule has 0 aliphatic carbocycles. The predicted octanol–water partition coefficient (Wildman–Crippen LogP) is 2.27. The van der Waals surface area contributed by atoms with Gasteiger partial charge in [0.1, 0.15) is 11.4 Å². The number of nitrogens with zero attached hydrogens (tertiary/aromatic N) is 4. The molecule has 0 atom stereocenters. The first kappa shape index (κ1) is 23.5. The van der Waals surface area contributed by atoms with Crippen molar-refractivity contribution in [3.8, 4) is 11.1 Å². The van der Waals surface area contributed by atoms with E-state index in [0.29, 0.717) is 18.9 Å². The van der Waals surface area contributed by atoms with Crippen LogP contribution < -0.4 is 10.6 Å². The maximum Gasteiger partial charge on any atom is 0.239 e. The molecule has 0 aliphatic heterocycles. The SMILES string of the molecule is CN(C)CCNC(=O)CNC(=O)Cc1nnc(Cc2nc3ccc(-c4ccccc4)cc3s2)o1. The van der Waals surface area contributed by atoms with Crippen molar-refractivity contribution in [2.45, 2.75) is 12.8 Å². The fourth-order valence-electron chi connectivity index (χ4n) is 3.28. The summed E-state index contributed by atoms with van der Waals surface area (Å²) in [4.78, 5) is 30.5. The average Bonchev–Trinajstić information content (AvgIpc) is 3.43. The van der Waals surface area contributed by atoms with Gasteiger partial charge >= 0.3 is 0 Å². The summed E-state index contributed by atoms with van der Waals surface area (Å²) in [5.41, 5.74) is 3.22. The zero-order chi connectivity index (χ0) is 23.9. The van der Waals surface area contributed by atoms with Crippen molar-refractivity contribution < 1.29 is 14.0 Å². The van der Waals surface area contributed by atoms with Crippen LogP contribution in [0.4, 0.5) is 0 Å². The molecular weight excluding hydrogens is 452 g/mol. The molecule has 176 valence electrons. The highest BCUT2D eigenvalue weighted by molar-refractivity contribution is 7.18. The summed E-state index contributed by atoms with van der Waals surface area (Å²) in [6.07, 6.45) is 0.307. The third-order valence-corrected chi connectivity index (χ3v) is 6.01. The van der Waals surface area contributed by atoms with E-state index in [1.54, 1.807) is 11.3 Å². The molecule has 34 heavy (non-hydrogen) atoms. The molecule has 0 saturated heterocycles. The molecule has 2 N–H and O–H groups in total. The summed E-state index contributed by atoms with van der Waals surface area (Å²) in [6.45, 7) is 1.16. The lowest BCUT2D eigenvalue weighted by molar-refractivity contribution is -0.125. The van der Waals surface area contributed by atoms with Crippen molar-refractivity contribution in [1.29, 1.82) is 0 Å². The Morgan fingerprint density at radius 2 is 1.76 bits per heavy atom. The number of thiazole rings is 1. The van der Waals surface area contributed by atoms with Gasteiger partial charge in [0.25, 0.3) is 0 Å². The molecule has 2 amide bonds. The molecule has 4 aromatic rings. The second kappa shape index (κ2) is 11.0. The maximum atomic E-state index is 12.1. The molecule has 4 rings (SSSR count). The lowest BCUT2D eigenvalue weighted by Crippen LogP contribution is -2.39. The number of amides is 2. The van der Waals surface area contributed by atoms with Gasteiger partial charge in [-0.25, -0.2) is 4.98 Å². The number of nitrogens with one attached hydrogen (secondary N) is 2. The summed E-state index contributed by atoms with van der Waals surface area (Å²) in [5, 5.41) is 14.1. The summed E-state index contributed by atoms with van der Waals surface area (Å²) >= 11 is 1.58. The van der Waals surface area contributed by atoms with E-state index in [0.717, 1.165) is 32.9 Å². The van der Waals surface area contributed by atoms with Gasteiger partial charge in [0.15, 0.2) is 0 Å². The molecule has 2 heterocycles. The van der Waals surface area contributed by atoms with Gasteiger partial charge in [-0.15, -0.1) is 21.5 Å².